The predicted octanol–water partition coefficient (Wildman–Crippen LogP) is 2.18. The van der Waals surface area contributed by atoms with E-state index in [2.05, 4.69) is 20.7 Å². The number of sulfone groups is 1. The van der Waals surface area contributed by atoms with Gasteiger partial charge in [-0.15, -0.1) is 0 Å². The van der Waals surface area contributed by atoms with Gasteiger partial charge in [0.05, 0.1) is 11.1 Å². The van der Waals surface area contributed by atoms with Crippen LogP contribution in [-0.2, 0) is 16.3 Å². The minimum absolute atomic E-state index is 0.131. The zero-order valence-electron chi connectivity index (χ0n) is 15.9. The molecule has 1 fully saturated rings. The van der Waals surface area contributed by atoms with E-state index in [1.807, 2.05) is 24.3 Å². The molecule has 1 aromatic carbocycles. The number of nitrogens with zero attached hydrogens (tertiary/aromatic N) is 3. The molecule has 8 heteroatoms. The molecule has 2 heterocycles. The van der Waals surface area contributed by atoms with E-state index in [4.69, 9.17) is 11.5 Å². The molecular weight excluding hydrogens is 374 g/mol. The molecule has 1 aliphatic rings. The summed E-state index contributed by atoms with van der Waals surface area (Å²) in [5.41, 5.74) is 15.8. The van der Waals surface area contributed by atoms with Gasteiger partial charge in [-0.3, -0.25) is 0 Å². The van der Waals surface area contributed by atoms with Gasteiger partial charge < -0.3 is 16.0 Å². The van der Waals surface area contributed by atoms with Crippen LogP contribution in [0.3, 0.4) is 0 Å². The van der Waals surface area contributed by atoms with Crippen LogP contribution in [0.15, 0.2) is 36.8 Å². The van der Waals surface area contributed by atoms with Crippen molar-refractivity contribution in [3.63, 3.8) is 0 Å². The second-order valence-corrected chi connectivity index (χ2v) is 9.97. The number of fused-ring (bicyclic) bond motifs is 1. The Morgan fingerprint density at radius 3 is 2.75 bits per heavy atom. The first kappa shape index (κ1) is 18.9. The van der Waals surface area contributed by atoms with Crippen LogP contribution >= 0.6 is 0 Å². The highest BCUT2D eigenvalue weighted by Gasteiger charge is 2.31. The van der Waals surface area contributed by atoms with Crippen LogP contribution in [0.1, 0.15) is 24.4 Å². The molecule has 0 spiro atoms. The lowest BCUT2D eigenvalue weighted by Crippen LogP contribution is -2.31. The number of rotatable bonds is 6. The quantitative estimate of drug-likeness (QED) is 0.656. The Morgan fingerprint density at radius 1 is 1.25 bits per heavy atom. The molecule has 7 nitrogen and oxygen atoms in total. The van der Waals surface area contributed by atoms with Crippen molar-refractivity contribution in [3.05, 3.63) is 42.4 Å². The monoisotopic (exact) mass is 399 g/mol. The Kier molecular flexibility index (Phi) is 4.84. The van der Waals surface area contributed by atoms with Gasteiger partial charge in [-0.1, -0.05) is 24.3 Å². The van der Waals surface area contributed by atoms with Crippen molar-refractivity contribution in [1.29, 1.82) is 0 Å². The highest BCUT2D eigenvalue weighted by atomic mass is 32.2. The van der Waals surface area contributed by atoms with Crippen LogP contribution in [-0.4, -0.2) is 41.5 Å². The van der Waals surface area contributed by atoms with Crippen LogP contribution < -0.4 is 11.5 Å². The summed E-state index contributed by atoms with van der Waals surface area (Å²) in [6.07, 6.45) is 7.42. The average molecular weight is 400 g/mol. The maximum Gasteiger partial charge on any atom is 0.147 e. The van der Waals surface area contributed by atoms with Crippen molar-refractivity contribution in [1.82, 2.24) is 14.5 Å². The fourth-order valence-electron chi connectivity index (χ4n) is 3.92. The summed E-state index contributed by atoms with van der Waals surface area (Å²) < 4.78 is 25.2. The third-order valence-corrected chi connectivity index (χ3v) is 6.52. The van der Waals surface area contributed by atoms with Crippen LogP contribution in [0.4, 0.5) is 5.82 Å². The molecule has 0 radical (unpaired) electrons. The summed E-state index contributed by atoms with van der Waals surface area (Å²) in [4.78, 5) is 8.68. The summed E-state index contributed by atoms with van der Waals surface area (Å²) in [5, 5.41) is 0.846. The molecule has 0 aliphatic heterocycles. The highest BCUT2D eigenvalue weighted by molar-refractivity contribution is 7.90. The maximum atomic E-state index is 11.5. The summed E-state index contributed by atoms with van der Waals surface area (Å²) in [6.45, 7) is 0.710. The lowest BCUT2D eigenvalue weighted by atomic mass is 9.80. The van der Waals surface area contributed by atoms with E-state index < -0.39 is 9.84 Å². The molecule has 2 aromatic heterocycles. The fourth-order valence-corrected chi connectivity index (χ4v) is 4.53. The topological polar surface area (TPSA) is 117 Å². The van der Waals surface area contributed by atoms with Gasteiger partial charge >= 0.3 is 0 Å². The average Bonchev–Trinajstić information content (AvgIpc) is 3.00. The predicted molar refractivity (Wildman–Crippen MR) is 112 cm³/mol. The SMILES string of the molecule is CS(=O)(=O)CCc1cccc(-c2cn(C3CC(CN)C3)c3ncnc(N)c23)c1. The lowest BCUT2D eigenvalue weighted by molar-refractivity contribution is 0.209. The Morgan fingerprint density at radius 2 is 2.04 bits per heavy atom. The number of benzene rings is 1. The van der Waals surface area contributed by atoms with E-state index >= 15 is 0 Å². The summed E-state index contributed by atoms with van der Waals surface area (Å²) in [5.74, 6) is 1.14. The number of aromatic nitrogens is 3. The van der Waals surface area contributed by atoms with Crippen molar-refractivity contribution >= 4 is 26.7 Å². The number of hydrogen-bond acceptors (Lipinski definition) is 6. The van der Waals surface area contributed by atoms with Gasteiger partial charge in [0.2, 0.25) is 0 Å². The third kappa shape index (κ3) is 3.62. The summed E-state index contributed by atoms with van der Waals surface area (Å²) >= 11 is 0. The van der Waals surface area contributed by atoms with Gasteiger partial charge in [-0.05, 0) is 42.9 Å². The maximum absolute atomic E-state index is 11.5. The van der Waals surface area contributed by atoms with E-state index in [1.54, 1.807) is 0 Å². The van der Waals surface area contributed by atoms with Crippen LogP contribution in [0.5, 0.6) is 0 Å². The van der Waals surface area contributed by atoms with E-state index in [0.717, 1.165) is 40.6 Å². The number of aryl methyl sites for hydroxylation is 1. The summed E-state index contributed by atoms with van der Waals surface area (Å²) in [6, 6.07) is 8.31. The van der Waals surface area contributed by atoms with E-state index in [0.29, 0.717) is 30.7 Å². The van der Waals surface area contributed by atoms with Crippen LogP contribution in [0.25, 0.3) is 22.2 Å². The van der Waals surface area contributed by atoms with Crippen molar-refractivity contribution < 1.29 is 8.42 Å². The zero-order valence-corrected chi connectivity index (χ0v) is 16.7. The lowest BCUT2D eigenvalue weighted by Gasteiger charge is -2.35. The van der Waals surface area contributed by atoms with Gasteiger partial charge in [0.25, 0.3) is 0 Å². The molecule has 0 saturated heterocycles. The first-order valence-corrected chi connectivity index (χ1v) is 11.5. The molecule has 0 atom stereocenters. The van der Waals surface area contributed by atoms with Crippen molar-refractivity contribution in [2.45, 2.75) is 25.3 Å². The second-order valence-electron chi connectivity index (χ2n) is 7.71. The van der Waals surface area contributed by atoms with Crippen LogP contribution in [0, 0.1) is 5.92 Å². The molecule has 4 N–H and O–H groups in total. The molecule has 148 valence electrons. The van der Waals surface area contributed by atoms with Crippen molar-refractivity contribution in [2.75, 3.05) is 24.3 Å². The Hall–Kier alpha value is -2.45. The number of hydrogen-bond donors (Lipinski definition) is 2. The minimum atomic E-state index is -3.01. The van der Waals surface area contributed by atoms with Gasteiger partial charge in [-0.2, -0.15) is 0 Å². The Labute approximate surface area is 164 Å². The first-order valence-electron chi connectivity index (χ1n) is 9.44. The highest BCUT2D eigenvalue weighted by Crippen LogP contribution is 2.42. The van der Waals surface area contributed by atoms with E-state index in [9.17, 15) is 8.42 Å². The van der Waals surface area contributed by atoms with Crippen molar-refractivity contribution in [3.8, 4) is 11.1 Å². The van der Waals surface area contributed by atoms with Crippen LogP contribution in [0.2, 0.25) is 0 Å². The minimum Gasteiger partial charge on any atom is -0.383 e. The largest absolute Gasteiger partial charge is 0.383 e. The van der Waals surface area contributed by atoms with Gasteiger partial charge in [0.15, 0.2) is 0 Å². The number of nitrogen functional groups attached to an aromatic ring is 1. The summed E-state index contributed by atoms with van der Waals surface area (Å²) in [7, 11) is -3.01. The molecule has 0 unspecified atom stereocenters. The second kappa shape index (κ2) is 7.18. The van der Waals surface area contributed by atoms with Gasteiger partial charge in [-0.25, -0.2) is 18.4 Å². The molecular formula is C20H25N5O2S. The smallest absolute Gasteiger partial charge is 0.147 e. The Balaban J connectivity index is 1.75. The standard InChI is InChI=1S/C20H25N5O2S/c1-28(26,27)6-5-13-3-2-4-15(7-13)17-11-25(16-8-14(9-16)10-21)20-18(17)19(22)23-12-24-20/h2-4,7,11-12,14,16H,5-6,8-10,21H2,1H3,(H2,22,23,24). The van der Waals surface area contributed by atoms with E-state index in [-0.39, 0.29) is 5.75 Å². The van der Waals surface area contributed by atoms with Gasteiger partial charge in [0.1, 0.15) is 27.6 Å². The first-order chi connectivity index (χ1) is 13.4. The Bertz CT molecular complexity index is 1120. The molecule has 0 amide bonds. The molecule has 1 saturated carbocycles. The van der Waals surface area contributed by atoms with Gasteiger partial charge in [0, 0.05) is 24.1 Å². The fraction of sp³-hybridized carbons (Fsp3) is 0.400. The van der Waals surface area contributed by atoms with Crippen molar-refractivity contribution in [2.24, 2.45) is 11.7 Å². The normalized spacial score (nSPS) is 19.6. The van der Waals surface area contributed by atoms with E-state index in [1.165, 1.54) is 12.6 Å². The molecule has 28 heavy (non-hydrogen) atoms. The number of anilines is 1. The molecule has 4 rings (SSSR count). The molecule has 0 bridgehead atoms. The molecule has 1 aliphatic carbocycles. The number of nitrogens with two attached hydrogens (primary N) is 2. The third-order valence-electron chi connectivity index (χ3n) is 5.58. The zero-order chi connectivity index (χ0) is 19.9. The molecule has 3 aromatic rings.